The van der Waals surface area contributed by atoms with Crippen molar-refractivity contribution >= 4 is 11.8 Å². The van der Waals surface area contributed by atoms with Gasteiger partial charge >= 0.3 is 6.09 Å². The summed E-state index contributed by atoms with van der Waals surface area (Å²) in [6.07, 6.45) is 0.881. The molecule has 0 spiro atoms. The van der Waals surface area contributed by atoms with E-state index in [-0.39, 0.29) is 6.61 Å². The highest BCUT2D eigenvalue weighted by Gasteiger charge is 2.13. The molecule has 0 bridgehead atoms. The molecule has 4 N–H and O–H groups in total. The second kappa shape index (κ2) is 8.28. The highest BCUT2D eigenvalue weighted by molar-refractivity contribution is 5.66. The summed E-state index contributed by atoms with van der Waals surface area (Å²) < 4.78 is 4.83. The van der Waals surface area contributed by atoms with Gasteiger partial charge in [0.2, 0.25) is 0 Å². The van der Waals surface area contributed by atoms with Gasteiger partial charge in [0.05, 0.1) is 30.3 Å². The zero-order chi connectivity index (χ0) is 15.0. The molecule has 8 nitrogen and oxygen atoms in total. The average molecular weight is 283 g/mol. The van der Waals surface area contributed by atoms with E-state index in [4.69, 9.17) is 10.6 Å². The van der Waals surface area contributed by atoms with Crippen molar-refractivity contribution in [3.63, 3.8) is 0 Å². The molecule has 112 valence electrons. The van der Waals surface area contributed by atoms with Crippen LogP contribution in [0.5, 0.6) is 0 Å². The number of hydrogen-bond acceptors (Lipinski definition) is 7. The van der Waals surface area contributed by atoms with E-state index in [0.29, 0.717) is 18.7 Å². The third-order valence-electron chi connectivity index (χ3n) is 2.67. The lowest BCUT2D eigenvalue weighted by Crippen LogP contribution is -2.32. The van der Waals surface area contributed by atoms with Crippen LogP contribution in [0.15, 0.2) is 12.3 Å². The zero-order valence-electron chi connectivity index (χ0n) is 11.7. The molecular formula is C12H21N5O3. The van der Waals surface area contributed by atoms with Crippen molar-refractivity contribution in [3.05, 3.63) is 18.0 Å². The minimum atomic E-state index is -0.688. The van der Waals surface area contributed by atoms with E-state index >= 15 is 0 Å². The Kier molecular flexibility index (Phi) is 6.68. The van der Waals surface area contributed by atoms with Gasteiger partial charge in [-0.1, -0.05) is 0 Å². The van der Waals surface area contributed by atoms with Gasteiger partial charge in [-0.05, 0) is 19.9 Å². The predicted molar refractivity (Wildman–Crippen MR) is 74.0 cm³/mol. The number of nitrogens with one attached hydrogen (secondary N) is 1. The van der Waals surface area contributed by atoms with Crippen LogP contribution in [0.2, 0.25) is 0 Å². The molecule has 0 aliphatic carbocycles. The second-order valence-corrected chi connectivity index (χ2v) is 4.28. The van der Waals surface area contributed by atoms with Gasteiger partial charge in [0.25, 0.3) is 0 Å². The van der Waals surface area contributed by atoms with Gasteiger partial charge in [-0.15, -0.1) is 0 Å². The van der Waals surface area contributed by atoms with Crippen LogP contribution in [-0.2, 0) is 11.2 Å². The number of likely N-dealkylation sites (N-methyl/N-ethyl adjacent to an activating group) is 1. The van der Waals surface area contributed by atoms with Crippen molar-refractivity contribution in [2.24, 2.45) is 5.84 Å². The van der Waals surface area contributed by atoms with Crippen LogP contribution >= 0.6 is 0 Å². The molecule has 1 rings (SSSR count). The molecule has 0 aliphatic heterocycles. The molecular weight excluding hydrogens is 262 g/mol. The third kappa shape index (κ3) is 4.98. The molecule has 8 heteroatoms. The number of carbonyl (C=O) groups is 1. The lowest BCUT2D eigenvalue weighted by atomic mass is 10.2. The number of anilines is 1. The van der Waals surface area contributed by atoms with Gasteiger partial charge in [-0.2, -0.15) is 10.2 Å². The Hall–Kier alpha value is -1.93. The number of nitrogens with two attached hydrogens (primary N) is 1. The fourth-order valence-corrected chi connectivity index (χ4v) is 1.82. The number of amides is 1. The summed E-state index contributed by atoms with van der Waals surface area (Å²) in [7, 11) is 0. The fourth-order valence-electron chi connectivity index (χ4n) is 1.82. The average Bonchev–Trinajstić information content (AvgIpc) is 2.45. The van der Waals surface area contributed by atoms with Crippen molar-refractivity contribution in [3.8, 4) is 0 Å². The van der Waals surface area contributed by atoms with Crippen LogP contribution < -0.4 is 16.2 Å². The summed E-state index contributed by atoms with van der Waals surface area (Å²) in [5, 5.41) is 17.4. The van der Waals surface area contributed by atoms with Crippen LogP contribution in [0.4, 0.5) is 10.5 Å². The van der Waals surface area contributed by atoms with Crippen LogP contribution in [-0.4, -0.2) is 47.2 Å². The van der Waals surface area contributed by atoms with Gasteiger partial charge in [-0.3, -0.25) is 5.43 Å². The number of hydrogen-bond donors (Lipinski definition) is 3. The molecule has 0 aromatic carbocycles. The topological polar surface area (TPSA) is 114 Å². The van der Waals surface area contributed by atoms with Gasteiger partial charge in [0.1, 0.15) is 0 Å². The summed E-state index contributed by atoms with van der Waals surface area (Å²) in [5.41, 5.74) is 3.47. The van der Waals surface area contributed by atoms with E-state index in [1.165, 1.54) is 0 Å². The van der Waals surface area contributed by atoms with Gasteiger partial charge in [0.15, 0.2) is 0 Å². The lowest BCUT2D eigenvalue weighted by molar-refractivity contribution is 0.147. The Morgan fingerprint density at radius 1 is 1.65 bits per heavy atom. The SMILES string of the molecule is CCN(CC(C)O)c1ccnnc1CCOC(=O)NN. The molecule has 0 radical (unpaired) electrons. The smallest absolute Gasteiger partial charge is 0.421 e. The summed E-state index contributed by atoms with van der Waals surface area (Å²) in [6, 6.07) is 1.83. The first-order valence-corrected chi connectivity index (χ1v) is 6.45. The Balaban J connectivity index is 2.73. The van der Waals surface area contributed by atoms with E-state index in [0.717, 1.165) is 12.2 Å². The van der Waals surface area contributed by atoms with Gasteiger partial charge in [0, 0.05) is 19.5 Å². The van der Waals surface area contributed by atoms with E-state index in [2.05, 4.69) is 10.2 Å². The fraction of sp³-hybridized carbons (Fsp3) is 0.583. The number of rotatable bonds is 7. The number of aromatic nitrogens is 2. The van der Waals surface area contributed by atoms with E-state index in [1.807, 2.05) is 23.3 Å². The Bertz CT molecular complexity index is 427. The van der Waals surface area contributed by atoms with Gasteiger partial charge in [-0.25, -0.2) is 10.6 Å². The molecule has 1 atom stereocenters. The molecule has 1 heterocycles. The van der Waals surface area contributed by atoms with Gasteiger partial charge < -0.3 is 14.7 Å². The molecule has 0 aliphatic rings. The minimum absolute atomic E-state index is 0.154. The Labute approximate surface area is 117 Å². The summed E-state index contributed by atoms with van der Waals surface area (Å²) >= 11 is 0. The molecule has 0 saturated heterocycles. The van der Waals surface area contributed by atoms with Crippen molar-refractivity contribution in [2.75, 3.05) is 24.6 Å². The molecule has 20 heavy (non-hydrogen) atoms. The predicted octanol–water partition coefficient (Wildman–Crippen LogP) is -0.174. The summed E-state index contributed by atoms with van der Waals surface area (Å²) in [5.74, 6) is 4.92. The lowest BCUT2D eigenvalue weighted by Gasteiger charge is -2.25. The van der Waals surface area contributed by atoms with Crippen LogP contribution in [0.3, 0.4) is 0 Å². The van der Waals surface area contributed by atoms with E-state index in [1.54, 1.807) is 13.1 Å². The summed E-state index contributed by atoms with van der Waals surface area (Å²) in [6.45, 7) is 5.10. The number of aliphatic hydroxyl groups is 1. The number of carbonyl (C=O) groups excluding carboxylic acids is 1. The molecule has 1 aromatic heterocycles. The molecule has 1 unspecified atom stereocenters. The maximum absolute atomic E-state index is 10.9. The standard InChI is InChI=1S/C12H21N5O3/c1-3-17(8-9(2)18)11-4-6-14-16-10(11)5-7-20-12(19)15-13/h4,6,9,18H,3,5,7-8,13H2,1-2H3,(H,15,19). The van der Waals surface area contributed by atoms with E-state index < -0.39 is 12.2 Å². The number of nitrogens with zero attached hydrogens (tertiary/aromatic N) is 3. The zero-order valence-corrected chi connectivity index (χ0v) is 11.7. The molecule has 0 fully saturated rings. The number of hydrazine groups is 1. The normalized spacial score (nSPS) is 11.8. The first-order chi connectivity index (χ1) is 9.58. The van der Waals surface area contributed by atoms with Crippen molar-refractivity contribution < 1.29 is 14.6 Å². The molecule has 0 saturated carbocycles. The largest absolute Gasteiger partial charge is 0.448 e. The van der Waals surface area contributed by atoms with Crippen molar-refractivity contribution in [1.29, 1.82) is 0 Å². The summed E-state index contributed by atoms with van der Waals surface area (Å²) in [4.78, 5) is 12.9. The Morgan fingerprint density at radius 3 is 3.00 bits per heavy atom. The monoisotopic (exact) mass is 283 g/mol. The highest BCUT2D eigenvalue weighted by Crippen LogP contribution is 2.18. The number of aliphatic hydroxyl groups excluding tert-OH is 1. The second-order valence-electron chi connectivity index (χ2n) is 4.28. The quantitative estimate of drug-likeness (QED) is 0.361. The van der Waals surface area contributed by atoms with Crippen molar-refractivity contribution in [2.45, 2.75) is 26.4 Å². The first-order valence-electron chi connectivity index (χ1n) is 6.45. The van der Waals surface area contributed by atoms with Crippen LogP contribution in [0.1, 0.15) is 19.5 Å². The Morgan fingerprint density at radius 2 is 2.40 bits per heavy atom. The van der Waals surface area contributed by atoms with Crippen LogP contribution in [0, 0.1) is 0 Å². The maximum atomic E-state index is 10.9. The maximum Gasteiger partial charge on any atom is 0.421 e. The molecule has 1 amide bonds. The third-order valence-corrected chi connectivity index (χ3v) is 2.67. The van der Waals surface area contributed by atoms with Crippen LogP contribution in [0.25, 0.3) is 0 Å². The number of ether oxygens (including phenoxy) is 1. The first kappa shape index (κ1) is 16.1. The highest BCUT2D eigenvalue weighted by atomic mass is 16.5. The van der Waals surface area contributed by atoms with Crippen molar-refractivity contribution in [1.82, 2.24) is 15.6 Å². The van der Waals surface area contributed by atoms with E-state index in [9.17, 15) is 9.90 Å². The minimum Gasteiger partial charge on any atom is -0.448 e. The molecule has 1 aromatic rings.